The number of hydrogen-bond donors (Lipinski definition) is 1. The van der Waals surface area contributed by atoms with Gasteiger partial charge in [-0.1, -0.05) is 12.1 Å². The Balaban J connectivity index is 1.50. The summed E-state index contributed by atoms with van der Waals surface area (Å²) >= 11 is 0. The minimum atomic E-state index is -1.45. The molecule has 6 rings (SSSR count). The lowest BCUT2D eigenvalue weighted by atomic mass is 10.0. The molecule has 2 fully saturated rings. The Hall–Kier alpha value is -3.41. The Morgan fingerprint density at radius 1 is 1.13 bits per heavy atom. The second-order valence-electron chi connectivity index (χ2n) is 9.76. The van der Waals surface area contributed by atoms with Crippen LogP contribution in [0.5, 0.6) is 0 Å². The molecule has 198 valence electrons. The minimum absolute atomic E-state index is 0.0502. The lowest BCUT2D eigenvalue weighted by Crippen LogP contribution is -2.44. The molecule has 1 N–H and O–H groups in total. The maximum Gasteiger partial charge on any atom is 0.150 e. The monoisotopic (exact) mass is 533 g/mol. The van der Waals surface area contributed by atoms with E-state index in [-0.39, 0.29) is 12.3 Å². The van der Waals surface area contributed by atoms with Crippen molar-refractivity contribution in [2.24, 2.45) is 7.05 Å². The Bertz CT molecular complexity index is 1490. The fourth-order valence-electron chi connectivity index (χ4n) is 5.27. The van der Waals surface area contributed by atoms with Gasteiger partial charge >= 0.3 is 0 Å². The normalized spacial score (nSPS) is 21.1. The third-order valence-electron chi connectivity index (χ3n) is 7.25. The van der Waals surface area contributed by atoms with Crippen LogP contribution in [-0.2, 0) is 27.3 Å². The lowest BCUT2D eigenvalue weighted by molar-refractivity contribution is -0.0393. The van der Waals surface area contributed by atoms with E-state index in [9.17, 15) is 4.21 Å². The summed E-state index contributed by atoms with van der Waals surface area (Å²) in [5.41, 5.74) is 6.04. The predicted molar refractivity (Wildman–Crippen MR) is 147 cm³/mol. The molecule has 0 spiro atoms. The molecule has 4 aromatic rings. The van der Waals surface area contributed by atoms with Gasteiger partial charge in [0.05, 0.1) is 41.1 Å². The molecule has 2 aliphatic rings. The van der Waals surface area contributed by atoms with E-state index in [0.29, 0.717) is 18.1 Å². The predicted octanol–water partition coefficient (Wildman–Crippen LogP) is 4.14. The SMILES string of the molecule is C[C@@H]1COCCN1c1cc(-c2ccc(S(=O)C=N)cc2)c2c(n1)c(-c1ccn(C3CCCCO3)n1)nn2C. The quantitative estimate of drug-likeness (QED) is 0.293. The number of anilines is 1. The molecule has 2 aliphatic heterocycles. The molecule has 11 heteroatoms. The van der Waals surface area contributed by atoms with E-state index in [1.807, 2.05) is 52.9 Å². The number of pyridine rings is 1. The molecule has 0 radical (unpaired) electrons. The highest BCUT2D eigenvalue weighted by Gasteiger charge is 2.26. The number of benzene rings is 1. The average molecular weight is 534 g/mol. The summed E-state index contributed by atoms with van der Waals surface area (Å²) in [4.78, 5) is 8.01. The number of nitrogens with one attached hydrogen (secondary N) is 1. The van der Waals surface area contributed by atoms with Crippen molar-refractivity contribution in [3.05, 3.63) is 42.6 Å². The number of ether oxygens (including phenoxy) is 2. The first kappa shape index (κ1) is 24.9. The summed E-state index contributed by atoms with van der Waals surface area (Å²) in [5, 5.41) is 17.1. The van der Waals surface area contributed by atoms with E-state index in [2.05, 4.69) is 17.9 Å². The largest absolute Gasteiger partial charge is 0.377 e. The molecule has 3 atom stereocenters. The average Bonchev–Trinajstić information content (AvgIpc) is 3.58. The van der Waals surface area contributed by atoms with Gasteiger partial charge in [-0.3, -0.25) is 10.1 Å². The van der Waals surface area contributed by atoms with Gasteiger partial charge in [-0.15, -0.1) is 0 Å². The van der Waals surface area contributed by atoms with E-state index >= 15 is 0 Å². The maximum absolute atomic E-state index is 12.1. The Morgan fingerprint density at radius 3 is 2.71 bits per heavy atom. The zero-order valence-electron chi connectivity index (χ0n) is 21.5. The molecular formula is C27H31N7O3S. The standard InChI is InChI=1S/C27H31N7O3S/c1-18-16-36-14-12-33(18)23-15-21(19-6-8-20(9-7-19)38(35)17-28)27-26(29-23)25(31-32(27)2)22-10-11-34(30-22)24-5-3-4-13-37-24/h6-11,15,17-18,24,28H,3-5,12-14,16H2,1-2H3/t18-,24?,38?/m1/s1. The first-order chi connectivity index (χ1) is 18.5. The summed E-state index contributed by atoms with van der Waals surface area (Å²) in [6, 6.07) is 11.8. The summed E-state index contributed by atoms with van der Waals surface area (Å²) in [5.74, 6) is 0.861. The van der Waals surface area contributed by atoms with Crippen LogP contribution < -0.4 is 4.90 Å². The molecule has 1 aromatic carbocycles. The van der Waals surface area contributed by atoms with Crippen LogP contribution >= 0.6 is 0 Å². The van der Waals surface area contributed by atoms with E-state index in [4.69, 9.17) is 30.1 Å². The minimum Gasteiger partial charge on any atom is -0.377 e. The van der Waals surface area contributed by atoms with Crippen LogP contribution in [0.3, 0.4) is 0 Å². The summed E-state index contributed by atoms with van der Waals surface area (Å²) in [6.07, 6.45) is 5.08. The molecule has 0 bridgehead atoms. The maximum atomic E-state index is 12.1. The highest BCUT2D eigenvalue weighted by Crippen LogP contribution is 2.37. The second-order valence-corrected chi connectivity index (χ2v) is 11.1. The van der Waals surface area contributed by atoms with E-state index in [1.165, 1.54) is 0 Å². The fourth-order valence-corrected chi connectivity index (χ4v) is 5.81. The van der Waals surface area contributed by atoms with Crippen LogP contribution in [0.2, 0.25) is 0 Å². The number of nitrogens with zero attached hydrogens (tertiary/aromatic N) is 6. The van der Waals surface area contributed by atoms with Gasteiger partial charge in [0.15, 0.2) is 0 Å². The highest BCUT2D eigenvalue weighted by molar-refractivity contribution is 7.98. The van der Waals surface area contributed by atoms with E-state index in [0.717, 1.165) is 77.3 Å². The van der Waals surface area contributed by atoms with Crippen molar-refractivity contribution in [2.75, 3.05) is 31.3 Å². The number of rotatable bonds is 6. The third kappa shape index (κ3) is 4.55. The van der Waals surface area contributed by atoms with Crippen LogP contribution in [0, 0.1) is 5.41 Å². The lowest BCUT2D eigenvalue weighted by Gasteiger charge is -2.34. The Morgan fingerprint density at radius 2 is 1.97 bits per heavy atom. The first-order valence-electron chi connectivity index (χ1n) is 12.9. The zero-order chi connectivity index (χ0) is 26.2. The Kier molecular flexibility index (Phi) is 6.81. The van der Waals surface area contributed by atoms with Gasteiger partial charge < -0.3 is 14.4 Å². The van der Waals surface area contributed by atoms with Gasteiger partial charge in [0.2, 0.25) is 0 Å². The first-order valence-corrected chi connectivity index (χ1v) is 14.2. The van der Waals surface area contributed by atoms with Crippen molar-refractivity contribution in [1.29, 1.82) is 5.41 Å². The molecule has 3 aromatic heterocycles. The molecule has 2 unspecified atom stereocenters. The summed E-state index contributed by atoms with van der Waals surface area (Å²) in [7, 11) is 0.473. The second kappa shape index (κ2) is 10.4. The smallest absolute Gasteiger partial charge is 0.150 e. The number of morpholine rings is 1. The van der Waals surface area contributed by atoms with Crippen molar-refractivity contribution >= 4 is 33.2 Å². The van der Waals surface area contributed by atoms with Crippen molar-refractivity contribution < 1.29 is 13.7 Å². The van der Waals surface area contributed by atoms with E-state index in [1.54, 1.807) is 0 Å². The number of fused-ring (bicyclic) bond motifs is 1. The number of hydrogen-bond acceptors (Lipinski definition) is 8. The van der Waals surface area contributed by atoms with Crippen LogP contribution in [-0.4, -0.2) is 66.7 Å². The van der Waals surface area contributed by atoms with Gasteiger partial charge in [-0.05, 0) is 56.0 Å². The van der Waals surface area contributed by atoms with Gasteiger partial charge in [-0.25, -0.2) is 13.9 Å². The van der Waals surface area contributed by atoms with Crippen LogP contribution in [0.25, 0.3) is 33.5 Å². The fraction of sp³-hybridized carbons (Fsp3) is 0.407. The van der Waals surface area contributed by atoms with Crippen LogP contribution in [0.15, 0.2) is 47.5 Å². The topological polar surface area (TPSA) is 111 Å². The van der Waals surface area contributed by atoms with Crippen molar-refractivity contribution in [2.45, 2.75) is 43.4 Å². The Labute approximate surface area is 223 Å². The molecular weight excluding hydrogens is 502 g/mol. The third-order valence-corrected chi connectivity index (χ3v) is 8.20. The summed E-state index contributed by atoms with van der Waals surface area (Å²) in [6.45, 7) is 4.94. The van der Waals surface area contributed by atoms with Gasteiger partial charge in [-0.2, -0.15) is 10.2 Å². The van der Waals surface area contributed by atoms with Gasteiger partial charge in [0.25, 0.3) is 0 Å². The van der Waals surface area contributed by atoms with Gasteiger partial charge in [0.1, 0.15) is 29.0 Å². The highest BCUT2D eigenvalue weighted by atomic mass is 32.2. The molecule has 10 nitrogen and oxygen atoms in total. The van der Waals surface area contributed by atoms with Crippen LogP contribution in [0.4, 0.5) is 5.82 Å². The molecule has 0 amide bonds. The zero-order valence-corrected chi connectivity index (χ0v) is 22.4. The van der Waals surface area contributed by atoms with Crippen LogP contribution in [0.1, 0.15) is 32.4 Å². The van der Waals surface area contributed by atoms with Crippen molar-refractivity contribution in [3.63, 3.8) is 0 Å². The number of aryl methyl sites for hydroxylation is 1. The summed E-state index contributed by atoms with van der Waals surface area (Å²) < 4.78 is 27.5. The molecule has 0 aliphatic carbocycles. The molecule has 5 heterocycles. The molecule has 38 heavy (non-hydrogen) atoms. The molecule has 2 saturated heterocycles. The molecule has 0 saturated carbocycles. The number of aromatic nitrogens is 5. The van der Waals surface area contributed by atoms with E-state index < -0.39 is 10.8 Å². The van der Waals surface area contributed by atoms with Crippen molar-refractivity contribution in [1.82, 2.24) is 24.5 Å². The van der Waals surface area contributed by atoms with Crippen molar-refractivity contribution in [3.8, 4) is 22.5 Å². The van der Waals surface area contributed by atoms with Gasteiger partial charge in [0, 0.05) is 36.9 Å².